The Bertz CT molecular complexity index is 3330. The number of fused-ring (bicyclic) bond motifs is 8. The normalized spacial score (nSPS) is 14.8. The summed E-state index contributed by atoms with van der Waals surface area (Å²) < 4.78 is 11.8. The highest BCUT2D eigenvalue weighted by molar-refractivity contribution is 7.20. The van der Waals surface area contributed by atoms with Crippen LogP contribution in [0.2, 0.25) is 0 Å². The SMILES string of the molecule is c1ccc(-n2c3ccccc3c3cc(-c4ccc5c(c4)Oc4ccccc4[Si]5(c4cccnc4)c4cccc(-n5c6ccccc6c6ccccc65)c4)ccc32)cc1. The molecule has 0 saturated heterocycles. The van der Waals surface area contributed by atoms with E-state index in [1.807, 2.05) is 6.20 Å². The van der Waals surface area contributed by atoms with Crippen molar-refractivity contribution in [2.45, 2.75) is 0 Å². The van der Waals surface area contributed by atoms with E-state index in [0.29, 0.717) is 0 Å². The molecule has 58 heavy (non-hydrogen) atoms. The van der Waals surface area contributed by atoms with Gasteiger partial charge in [0.1, 0.15) is 11.5 Å². The molecule has 0 radical (unpaired) electrons. The van der Waals surface area contributed by atoms with Crippen LogP contribution in [0.15, 0.2) is 213 Å². The molecule has 0 aliphatic carbocycles. The second-order valence-electron chi connectivity index (χ2n) is 15.1. The standard InChI is InChI=1S/C53H35N3OSi/c1-2-14-38(15-3-1)55-48-24-9-6-21-44(48)45-32-36(27-29-49(45)55)37-28-30-53-51(33-37)57-50-25-10-11-26-52(50)58(53,41-18-13-31-54-35-41)40-17-12-16-39(34-40)56-46-22-7-4-19-42(46)43-20-5-8-23-47(43)56/h1-35H. The zero-order valence-corrected chi connectivity index (χ0v) is 32.5. The molecule has 0 bridgehead atoms. The largest absolute Gasteiger partial charge is 0.458 e. The molecule has 5 heteroatoms. The first-order valence-electron chi connectivity index (χ1n) is 19.8. The fourth-order valence-corrected chi connectivity index (χ4v) is 14.6. The highest BCUT2D eigenvalue weighted by Crippen LogP contribution is 2.38. The second kappa shape index (κ2) is 12.8. The van der Waals surface area contributed by atoms with Gasteiger partial charge in [-0.3, -0.25) is 4.98 Å². The van der Waals surface area contributed by atoms with Gasteiger partial charge in [0.05, 0.1) is 22.1 Å². The maximum absolute atomic E-state index is 6.98. The lowest BCUT2D eigenvalue weighted by Crippen LogP contribution is -2.76. The Morgan fingerprint density at radius 3 is 1.69 bits per heavy atom. The van der Waals surface area contributed by atoms with Crippen LogP contribution in [-0.4, -0.2) is 22.2 Å². The van der Waals surface area contributed by atoms with Gasteiger partial charge in [-0.2, -0.15) is 0 Å². The molecule has 1 unspecified atom stereocenters. The third-order valence-corrected chi connectivity index (χ3v) is 16.9. The topological polar surface area (TPSA) is 32.0 Å². The first-order chi connectivity index (χ1) is 28.8. The smallest absolute Gasteiger partial charge is 0.189 e. The predicted octanol–water partition coefficient (Wildman–Crippen LogP) is 10.4. The molecule has 1 aliphatic heterocycles. The van der Waals surface area contributed by atoms with E-state index in [9.17, 15) is 0 Å². The number of hydrogen-bond acceptors (Lipinski definition) is 2. The first-order valence-corrected chi connectivity index (χ1v) is 21.8. The van der Waals surface area contributed by atoms with Crippen molar-refractivity contribution in [3.05, 3.63) is 213 Å². The minimum Gasteiger partial charge on any atom is -0.458 e. The number of pyridine rings is 1. The molecule has 0 fully saturated rings. The number of aromatic nitrogens is 3. The Labute approximate surface area is 336 Å². The Morgan fingerprint density at radius 2 is 0.948 bits per heavy atom. The van der Waals surface area contributed by atoms with Gasteiger partial charge in [0.2, 0.25) is 0 Å². The van der Waals surface area contributed by atoms with Crippen molar-refractivity contribution >= 4 is 72.4 Å². The maximum Gasteiger partial charge on any atom is 0.189 e. The van der Waals surface area contributed by atoms with Gasteiger partial charge in [-0.15, -0.1) is 0 Å². The van der Waals surface area contributed by atoms with E-state index in [0.717, 1.165) is 34.0 Å². The van der Waals surface area contributed by atoms with Gasteiger partial charge in [0.15, 0.2) is 8.07 Å². The van der Waals surface area contributed by atoms with Crippen molar-refractivity contribution in [1.29, 1.82) is 0 Å². The molecule has 0 saturated carbocycles. The summed E-state index contributed by atoms with van der Waals surface area (Å²) in [5.41, 5.74) is 9.32. The second-order valence-corrected chi connectivity index (χ2v) is 18.9. The fraction of sp³-hybridized carbons (Fsp3) is 0. The molecule has 11 aromatic rings. The molecule has 1 aliphatic rings. The lowest BCUT2D eigenvalue weighted by Gasteiger charge is -2.39. The predicted molar refractivity (Wildman–Crippen MR) is 242 cm³/mol. The van der Waals surface area contributed by atoms with Crippen LogP contribution in [0.1, 0.15) is 0 Å². The minimum atomic E-state index is -3.00. The molecule has 12 rings (SSSR count). The molecule has 3 aromatic heterocycles. The molecule has 1 atom stereocenters. The highest BCUT2D eigenvalue weighted by Gasteiger charge is 2.48. The Morgan fingerprint density at radius 1 is 0.379 bits per heavy atom. The molecule has 0 amide bonds. The van der Waals surface area contributed by atoms with Crippen LogP contribution in [0, 0.1) is 0 Å². The van der Waals surface area contributed by atoms with Gasteiger partial charge in [-0.1, -0.05) is 127 Å². The van der Waals surface area contributed by atoms with Crippen LogP contribution in [0.25, 0.3) is 66.1 Å². The number of rotatable bonds is 5. The van der Waals surface area contributed by atoms with Crippen molar-refractivity contribution in [3.8, 4) is 34.0 Å². The summed E-state index contributed by atoms with van der Waals surface area (Å²) in [7, 11) is -3.00. The zero-order chi connectivity index (χ0) is 38.2. The van der Waals surface area contributed by atoms with Gasteiger partial charge in [0, 0.05) is 45.3 Å². The third-order valence-electron chi connectivity index (χ3n) is 12.1. The van der Waals surface area contributed by atoms with Crippen LogP contribution in [-0.2, 0) is 0 Å². The number of benzene rings is 8. The Balaban J connectivity index is 1.08. The number of para-hydroxylation sites is 5. The van der Waals surface area contributed by atoms with Gasteiger partial charge < -0.3 is 13.9 Å². The molecule has 4 heterocycles. The van der Waals surface area contributed by atoms with Crippen molar-refractivity contribution in [3.63, 3.8) is 0 Å². The van der Waals surface area contributed by atoms with E-state index < -0.39 is 8.07 Å². The molecule has 0 spiro atoms. The summed E-state index contributed by atoms with van der Waals surface area (Å²) in [6, 6.07) is 72.7. The van der Waals surface area contributed by atoms with Crippen molar-refractivity contribution < 1.29 is 4.74 Å². The van der Waals surface area contributed by atoms with Gasteiger partial charge in [-0.05, 0) is 105 Å². The summed E-state index contributed by atoms with van der Waals surface area (Å²) in [4.78, 5) is 4.76. The van der Waals surface area contributed by atoms with E-state index >= 15 is 0 Å². The summed E-state index contributed by atoms with van der Waals surface area (Å²) in [6.45, 7) is 0. The average molecular weight is 758 g/mol. The monoisotopic (exact) mass is 757 g/mol. The zero-order valence-electron chi connectivity index (χ0n) is 31.5. The highest BCUT2D eigenvalue weighted by atomic mass is 28.3. The van der Waals surface area contributed by atoms with E-state index in [-0.39, 0.29) is 0 Å². The van der Waals surface area contributed by atoms with Gasteiger partial charge >= 0.3 is 0 Å². The lowest BCUT2D eigenvalue weighted by molar-refractivity contribution is 0.487. The average Bonchev–Trinajstić information content (AvgIpc) is 3.81. The summed E-state index contributed by atoms with van der Waals surface area (Å²) in [5, 5.41) is 9.88. The van der Waals surface area contributed by atoms with Crippen molar-refractivity contribution in [2.75, 3.05) is 0 Å². The quantitative estimate of drug-likeness (QED) is 0.164. The van der Waals surface area contributed by atoms with Crippen LogP contribution in [0.4, 0.5) is 0 Å². The van der Waals surface area contributed by atoms with Crippen LogP contribution < -0.4 is 25.5 Å². The van der Waals surface area contributed by atoms with Gasteiger partial charge in [0.25, 0.3) is 0 Å². The number of hydrogen-bond donors (Lipinski definition) is 0. The molecular weight excluding hydrogens is 723 g/mol. The molecule has 4 nitrogen and oxygen atoms in total. The Hall–Kier alpha value is -7.47. The fourth-order valence-electron chi connectivity index (χ4n) is 9.69. The molecule has 8 aromatic carbocycles. The van der Waals surface area contributed by atoms with E-state index in [2.05, 4.69) is 216 Å². The lowest BCUT2D eigenvalue weighted by atomic mass is 10.0. The van der Waals surface area contributed by atoms with Crippen LogP contribution in [0.5, 0.6) is 11.5 Å². The maximum atomic E-state index is 6.98. The Kier molecular flexibility index (Phi) is 7.21. The molecular formula is C53H35N3OSi. The van der Waals surface area contributed by atoms with E-state index in [1.165, 1.54) is 64.4 Å². The minimum absolute atomic E-state index is 0.890. The number of nitrogens with zero attached hydrogens (tertiary/aromatic N) is 3. The number of ether oxygens (including phenoxy) is 1. The first kappa shape index (κ1) is 32.7. The summed E-state index contributed by atoms with van der Waals surface area (Å²) >= 11 is 0. The van der Waals surface area contributed by atoms with Crippen LogP contribution in [0.3, 0.4) is 0 Å². The molecule has 272 valence electrons. The van der Waals surface area contributed by atoms with E-state index in [1.54, 1.807) is 0 Å². The van der Waals surface area contributed by atoms with E-state index in [4.69, 9.17) is 9.72 Å². The van der Waals surface area contributed by atoms with Crippen molar-refractivity contribution in [1.82, 2.24) is 14.1 Å². The van der Waals surface area contributed by atoms with Crippen LogP contribution >= 0.6 is 0 Å². The summed E-state index contributed by atoms with van der Waals surface area (Å²) in [5.74, 6) is 1.78. The summed E-state index contributed by atoms with van der Waals surface area (Å²) in [6.07, 6.45) is 3.95. The third kappa shape index (κ3) is 4.71. The molecule has 0 N–H and O–H groups in total. The van der Waals surface area contributed by atoms with Gasteiger partial charge in [-0.25, -0.2) is 0 Å². The van der Waals surface area contributed by atoms with Crippen molar-refractivity contribution in [2.24, 2.45) is 0 Å².